The van der Waals surface area contributed by atoms with Crippen LogP contribution in [0, 0.1) is 6.92 Å². The molecule has 0 bridgehead atoms. The number of benzene rings is 2. The molecule has 1 unspecified atom stereocenters. The fraction of sp³-hybridized carbons (Fsp3) is 0.174. The first-order valence-electron chi connectivity index (χ1n) is 9.78. The summed E-state index contributed by atoms with van der Waals surface area (Å²) in [5.41, 5.74) is 4.87. The van der Waals surface area contributed by atoms with E-state index in [2.05, 4.69) is 25.4 Å². The monoisotopic (exact) mass is 414 g/mol. The minimum Gasteiger partial charge on any atom is -0.467 e. The Morgan fingerprint density at radius 1 is 1.06 bits per heavy atom. The van der Waals surface area contributed by atoms with Crippen LogP contribution in [0.2, 0.25) is 0 Å². The number of aryl methyl sites for hydroxylation is 1. The fourth-order valence-electron chi connectivity index (χ4n) is 3.21. The van der Waals surface area contributed by atoms with Crippen LogP contribution in [-0.4, -0.2) is 37.7 Å². The summed E-state index contributed by atoms with van der Waals surface area (Å²) in [7, 11) is 1.53. The van der Waals surface area contributed by atoms with Crippen molar-refractivity contribution in [3.8, 4) is 22.8 Å². The van der Waals surface area contributed by atoms with Crippen LogP contribution in [0.4, 0.5) is 0 Å². The number of hydrogen-bond acceptors (Lipinski definition) is 6. The number of hydrogen-bond donors (Lipinski definition) is 1. The molecule has 4 rings (SSSR count). The van der Waals surface area contributed by atoms with Gasteiger partial charge in [-0.2, -0.15) is 14.8 Å². The fourth-order valence-corrected chi connectivity index (χ4v) is 3.21. The van der Waals surface area contributed by atoms with Crippen LogP contribution >= 0.6 is 0 Å². The Balaban J connectivity index is 1.74. The van der Waals surface area contributed by atoms with Gasteiger partial charge in [-0.15, -0.1) is 0 Å². The number of carbonyl (C=O) groups excluding carboxylic acids is 1. The Kier molecular flexibility index (Phi) is 5.70. The van der Waals surface area contributed by atoms with Crippen LogP contribution in [0.1, 0.15) is 34.6 Å². The Bertz CT molecular complexity index is 1190. The molecule has 2 aromatic heterocycles. The molecule has 31 heavy (non-hydrogen) atoms. The summed E-state index contributed by atoms with van der Waals surface area (Å²) in [4.78, 5) is 25.5. The minimum absolute atomic E-state index is 0.229. The van der Waals surface area contributed by atoms with Crippen molar-refractivity contribution in [1.29, 1.82) is 0 Å². The van der Waals surface area contributed by atoms with E-state index in [0.29, 0.717) is 23.0 Å². The van der Waals surface area contributed by atoms with E-state index in [9.17, 15) is 4.79 Å². The zero-order chi connectivity index (χ0) is 21.8. The highest BCUT2D eigenvalue weighted by atomic mass is 16.5. The van der Waals surface area contributed by atoms with Crippen molar-refractivity contribution in [2.75, 3.05) is 7.11 Å². The Morgan fingerprint density at radius 2 is 1.87 bits per heavy atom. The molecule has 0 radical (unpaired) electrons. The molecule has 1 N–H and O–H groups in total. The van der Waals surface area contributed by atoms with Gasteiger partial charge < -0.3 is 10.1 Å². The van der Waals surface area contributed by atoms with E-state index in [0.717, 1.165) is 16.7 Å². The van der Waals surface area contributed by atoms with E-state index in [1.165, 1.54) is 13.4 Å². The molecule has 156 valence electrons. The van der Waals surface area contributed by atoms with Gasteiger partial charge in [-0.05, 0) is 43.2 Å². The molecule has 8 heteroatoms. The summed E-state index contributed by atoms with van der Waals surface area (Å²) in [5.74, 6) is -0.229. The van der Waals surface area contributed by atoms with Crippen LogP contribution in [0.5, 0.6) is 6.01 Å². The number of amides is 1. The second kappa shape index (κ2) is 8.74. The lowest BCUT2D eigenvalue weighted by atomic mass is 10.0. The highest BCUT2D eigenvalue weighted by Gasteiger charge is 2.17. The molecule has 1 amide bonds. The Labute approximate surface area is 180 Å². The third kappa shape index (κ3) is 4.42. The second-order valence-corrected chi connectivity index (χ2v) is 7.12. The first kappa shape index (κ1) is 20.2. The molecule has 0 saturated carbocycles. The summed E-state index contributed by atoms with van der Waals surface area (Å²) in [6.07, 6.45) is 6.25. The number of aromatic nitrogens is 5. The van der Waals surface area contributed by atoms with Gasteiger partial charge in [0, 0.05) is 18.0 Å². The van der Waals surface area contributed by atoms with Crippen molar-refractivity contribution in [1.82, 2.24) is 30.0 Å². The zero-order valence-corrected chi connectivity index (χ0v) is 17.5. The number of rotatable bonds is 6. The normalized spacial score (nSPS) is 11.7. The standard InChI is InChI=1S/C23H22N6O2/c1-15-4-6-17(7-5-15)18-10-19(12-20(11-18)29-23(31-3)26-14-27-29)22(30)28-16(2)21-13-24-8-9-25-21/h4-14,16H,1-3H3,(H,28,30). The highest BCUT2D eigenvalue weighted by Crippen LogP contribution is 2.26. The van der Waals surface area contributed by atoms with E-state index in [1.807, 2.05) is 50.2 Å². The number of methoxy groups -OCH3 is 1. The largest absolute Gasteiger partial charge is 0.467 e. The summed E-state index contributed by atoms with van der Waals surface area (Å²) < 4.78 is 6.85. The van der Waals surface area contributed by atoms with Crippen LogP contribution in [-0.2, 0) is 0 Å². The zero-order valence-electron chi connectivity index (χ0n) is 17.5. The van der Waals surface area contributed by atoms with Crippen molar-refractivity contribution >= 4 is 5.91 Å². The van der Waals surface area contributed by atoms with Gasteiger partial charge in [0.25, 0.3) is 5.91 Å². The van der Waals surface area contributed by atoms with Gasteiger partial charge in [0.2, 0.25) is 0 Å². The first-order valence-corrected chi connectivity index (χ1v) is 9.78. The number of nitrogens with one attached hydrogen (secondary N) is 1. The van der Waals surface area contributed by atoms with Gasteiger partial charge in [-0.25, -0.2) is 0 Å². The highest BCUT2D eigenvalue weighted by molar-refractivity contribution is 5.96. The van der Waals surface area contributed by atoms with Crippen LogP contribution < -0.4 is 10.1 Å². The summed E-state index contributed by atoms with van der Waals surface area (Å²) in [5, 5.41) is 7.23. The average Bonchev–Trinajstić information content (AvgIpc) is 3.29. The van der Waals surface area contributed by atoms with E-state index in [1.54, 1.807) is 29.3 Å². The average molecular weight is 414 g/mol. The molecule has 8 nitrogen and oxygen atoms in total. The van der Waals surface area contributed by atoms with Crippen molar-refractivity contribution in [3.05, 3.63) is 84.2 Å². The third-order valence-electron chi connectivity index (χ3n) is 4.88. The van der Waals surface area contributed by atoms with Crippen molar-refractivity contribution in [3.63, 3.8) is 0 Å². The van der Waals surface area contributed by atoms with Crippen LogP contribution in [0.25, 0.3) is 16.8 Å². The smallest absolute Gasteiger partial charge is 0.319 e. The number of carbonyl (C=O) groups is 1. The Morgan fingerprint density at radius 3 is 2.58 bits per heavy atom. The molecule has 1 atom stereocenters. The molecule has 0 aliphatic heterocycles. The molecule has 0 aliphatic carbocycles. The molecule has 4 aromatic rings. The molecular formula is C23H22N6O2. The van der Waals surface area contributed by atoms with E-state index < -0.39 is 0 Å². The maximum atomic E-state index is 13.1. The lowest BCUT2D eigenvalue weighted by Crippen LogP contribution is -2.27. The molecule has 0 saturated heterocycles. The predicted molar refractivity (Wildman–Crippen MR) is 116 cm³/mol. The third-order valence-corrected chi connectivity index (χ3v) is 4.88. The van der Waals surface area contributed by atoms with E-state index in [-0.39, 0.29) is 11.9 Å². The second-order valence-electron chi connectivity index (χ2n) is 7.12. The van der Waals surface area contributed by atoms with Crippen LogP contribution in [0.15, 0.2) is 67.4 Å². The lowest BCUT2D eigenvalue weighted by Gasteiger charge is -2.15. The van der Waals surface area contributed by atoms with Gasteiger partial charge in [-0.3, -0.25) is 14.8 Å². The van der Waals surface area contributed by atoms with Gasteiger partial charge in [0.05, 0.1) is 30.7 Å². The van der Waals surface area contributed by atoms with Gasteiger partial charge >= 0.3 is 6.01 Å². The maximum absolute atomic E-state index is 13.1. The van der Waals surface area contributed by atoms with Gasteiger partial charge in [0.15, 0.2) is 0 Å². The van der Waals surface area contributed by atoms with E-state index >= 15 is 0 Å². The quantitative estimate of drug-likeness (QED) is 0.519. The summed E-state index contributed by atoms with van der Waals surface area (Å²) in [6, 6.07) is 13.7. The van der Waals surface area contributed by atoms with E-state index in [4.69, 9.17) is 4.74 Å². The lowest BCUT2D eigenvalue weighted by molar-refractivity contribution is 0.0939. The molecular weight excluding hydrogens is 392 g/mol. The summed E-state index contributed by atoms with van der Waals surface area (Å²) in [6.45, 7) is 3.90. The van der Waals surface area contributed by atoms with Gasteiger partial charge in [0.1, 0.15) is 6.33 Å². The maximum Gasteiger partial charge on any atom is 0.319 e. The molecule has 2 heterocycles. The first-order chi connectivity index (χ1) is 15.0. The topological polar surface area (TPSA) is 94.8 Å². The Hall–Kier alpha value is -4.07. The SMILES string of the molecule is COc1ncnn1-c1cc(C(=O)NC(C)c2cnccn2)cc(-c2ccc(C)cc2)c1. The predicted octanol–water partition coefficient (Wildman–Crippen LogP) is 3.53. The molecule has 0 fully saturated rings. The summed E-state index contributed by atoms with van der Waals surface area (Å²) >= 11 is 0. The van der Waals surface area contributed by atoms with Crippen molar-refractivity contribution in [2.24, 2.45) is 0 Å². The molecule has 0 spiro atoms. The van der Waals surface area contributed by atoms with Crippen LogP contribution in [0.3, 0.4) is 0 Å². The molecule has 0 aliphatic rings. The van der Waals surface area contributed by atoms with Crippen molar-refractivity contribution < 1.29 is 9.53 Å². The van der Waals surface area contributed by atoms with Crippen molar-refractivity contribution in [2.45, 2.75) is 19.9 Å². The minimum atomic E-state index is -0.298. The number of ether oxygens (including phenoxy) is 1. The molecule has 2 aromatic carbocycles. The van der Waals surface area contributed by atoms with Gasteiger partial charge in [-0.1, -0.05) is 29.8 Å². The number of nitrogens with zero attached hydrogens (tertiary/aromatic N) is 5.